The lowest BCUT2D eigenvalue weighted by atomic mass is 9.93. The highest BCUT2D eigenvalue weighted by Crippen LogP contribution is 2.33. The average Bonchev–Trinajstić information content (AvgIpc) is 2.81. The van der Waals surface area contributed by atoms with Crippen LogP contribution in [0.3, 0.4) is 0 Å². The van der Waals surface area contributed by atoms with Gasteiger partial charge in [0.1, 0.15) is 6.35 Å². The van der Waals surface area contributed by atoms with Crippen LogP contribution in [0.25, 0.3) is 11.2 Å². The van der Waals surface area contributed by atoms with Crippen LogP contribution in [-0.4, -0.2) is 48.3 Å². The number of ether oxygens (including phenoxy) is 1. The van der Waals surface area contributed by atoms with Gasteiger partial charge in [-0.25, -0.2) is 4.98 Å². The number of nitrogens with zero attached hydrogens (tertiary/aromatic N) is 4. The number of nitrogen functional groups attached to an aromatic ring is 1. The van der Waals surface area contributed by atoms with Crippen molar-refractivity contribution in [2.75, 3.05) is 24.0 Å². The van der Waals surface area contributed by atoms with E-state index in [4.69, 9.17) is 20.3 Å². The van der Waals surface area contributed by atoms with E-state index in [-0.39, 0.29) is 12.6 Å². The molecule has 1 saturated carbocycles. The highest BCUT2D eigenvalue weighted by molar-refractivity contribution is 7.51. The van der Waals surface area contributed by atoms with Crippen molar-refractivity contribution in [3.63, 3.8) is 0 Å². The Labute approximate surface area is 132 Å². The van der Waals surface area contributed by atoms with E-state index in [0.29, 0.717) is 29.6 Å². The summed E-state index contributed by atoms with van der Waals surface area (Å²) in [5.41, 5.74) is 6.96. The fraction of sp³-hybridized carbons (Fsp3) is 0.583. The third-order valence-electron chi connectivity index (χ3n) is 3.66. The van der Waals surface area contributed by atoms with Gasteiger partial charge in [-0.2, -0.15) is 9.97 Å². The van der Waals surface area contributed by atoms with Crippen molar-refractivity contribution in [2.45, 2.75) is 31.8 Å². The first-order valence-corrected chi connectivity index (χ1v) is 9.09. The SMILES string of the molecule is Nc1nc(NC2CCC2)c2ncn(CCOCP(=O)(O)O)c2n1. The Morgan fingerprint density at radius 1 is 1.43 bits per heavy atom. The van der Waals surface area contributed by atoms with Gasteiger partial charge in [-0.3, -0.25) is 4.57 Å². The summed E-state index contributed by atoms with van der Waals surface area (Å²) in [6.45, 7) is 0.488. The molecule has 2 heterocycles. The molecule has 0 saturated heterocycles. The lowest BCUT2D eigenvalue weighted by Gasteiger charge is -2.26. The van der Waals surface area contributed by atoms with Crippen molar-refractivity contribution in [1.29, 1.82) is 0 Å². The molecule has 1 aliphatic rings. The quantitative estimate of drug-likeness (QED) is 0.417. The largest absolute Gasteiger partial charge is 0.368 e. The Kier molecular flexibility index (Phi) is 4.49. The van der Waals surface area contributed by atoms with Gasteiger partial charge in [0.2, 0.25) is 5.95 Å². The highest BCUT2D eigenvalue weighted by Gasteiger charge is 2.20. The Morgan fingerprint density at radius 2 is 2.22 bits per heavy atom. The summed E-state index contributed by atoms with van der Waals surface area (Å²) in [5.74, 6) is 0.768. The van der Waals surface area contributed by atoms with Crippen LogP contribution in [-0.2, 0) is 15.8 Å². The van der Waals surface area contributed by atoms with Crippen LogP contribution in [0.4, 0.5) is 11.8 Å². The molecular weight excluding hydrogens is 323 g/mol. The van der Waals surface area contributed by atoms with Crippen molar-refractivity contribution >= 4 is 30.5 Å². The second-order valence-electron chi connectivity index (χ2n) is 5.51. The van der Waals surface area contributed by atoms with E-state index in [1.54, 1.807) is 10.9 Å². The fourth-order valence-corrected chi connectivity index (χ4v) is 2.68. The van der Waals surface area contributed by atoms with E-state index in [9.17, 15) is 4.57 Å². The van der Waals surface area contributed by atoms with E-state index in [0.717, 1.165) is 12.8 Å². The van der Waals surface area contributed by atoms with Gasteiger partial charge >= 0.3 is 7.60 Å². The Balaban J connectivity index is 1.72. The smallest absolute Gasteiger partial charge is 0.350 e. The molecule has 0 radical (unpaired) electrons. The second-order valence-corrected chi connectivity index (χ2v) is 7.10. The Bertz CT molecular complexity index is 740. The number of imidazole rings is 1. The first-order valence-electron chi connectivity index (χ1n) is 7.29. The number of nitrogens with one attached hydrogen (secondary N) is 1. The summed E-state index contributed by atoms with van der Waals surface area (Å²) < 4.78 is 17.4. The number of anilines is 2. The summed E-state index contributed by atoms with van der Waals surface area (Å²) in [7, 11) is -4.15. The molecule has 2 aromatic rings. The lowest BCUT2D eigenvalue weighted by molar-refractivity contribution is 0.149. The van der Waals surface area contributed by atoms with Crippen LogP contribution in [0.15, 0.2) is 6.33 Å². The summed E-state index contributed by atoms with van der Waals surface area (Å²) in [6, 6.07) is 0.393. The minimum Gasteiger partial charge on any atom is -0.368 e. The van der Waals surface area contributed by atoms with Crippen LogP contribution >= 0.6 is 7.60 Å². The lowest BCUT2D eigenvalue weighted by Crippen LogP contribution is -2.27. The molecular formula is C12H19N6O4P. The molecule has 0 amide bonds. The van der Waals surface area contributed by atoms with Gasteiger partial charge in [0, 0.05) is 12.6 Å². The van der Waals surface area contributed by atoms with Crippen molar-refractivity contribution in [2.24, 2.45) is 0 Å². The molecule has 0 bridgehead atoms. The third-order valence-corrected chi connectivity index (χ3v) is 4.18. The van der Waals surface area contributed by atoms with E-state index in [1.165, 1.54) is 6.42 Å². The predicted molar refractivity (Wildman–Crippen MR) is 83.9 cm³/mol. The van der Waals surface area contributed by atoms with E-state index in [2.05, 4.69) is 20.3 Å². The maximum absolute atomic E-state index is 10.7. The monoisotopic (exact) mass is 342 g/mol. The molecule has 0 atom stereocenters. The van der Waals surface area contributed by atoms with Gasteiger partial charge in [0.15, 0.2) is 17.0 Å². The van der Waals surface area contributed by atoms with Gasteiger partial charge in [-0.05, 0) is 19.3 Å². The van der Waals surface area contributed by atoms with Gasteiger partial charge in [0.05, 0.1) is 12.9 Å². The van der Waals surface area contributed by atoms with Crippen LogP contribution in [0, 0.1) is 0 Å². The molecule has 0 aromatic carbocycles. The average molecular weight is 342 g/mol. The number of fused-ring (bicyclic) bond motifs is 1. The van der Waals surface area contributed by atoms with E-state index < -0.39 is 13.9 Å². The number of rotatable bonds is 7. The van der Waals surface area contributed by atoms with Crippen LogP contribution in [0.1, 0.15) is 19.3 Å². The summed E-state index contributed by atoms with van der Waals surface area (Å²) >= 11 is 0. The summed E-state index contributed by atoms with van der Waals surface area (Å²) in [6.07, 6.45) is 4.38. The maximum Gasteiger partial charge on any atom is 0.350 e. The molecule has 0 aliphatic heterocycles. The molecule has 2 aromatic heterocycles. The van der Waals surface area contributed by atoms with E-state index >= 15 is 0 Å². The van der Waals surface area contributed by atoms with Crippen LogP contribution in [0.2, 0.25) is 0 Å². The molecule has 11 heteroatoms. The molecule has 23 heavy (non-hydrogen) atoms. The zero-order chi connectivity index (χ0) is 16.4. The molecule has 3 rings (SSSR count). The van der Waals surface area contributed by atoms with Crippen molar-refractivity contribution < 1.29 is 19.1 Å². The van der Waals surface area contributed by atoms with Crippen LogP contribution in [0.5, 0.6) is 0 Å². The molecule has 0 unspecified atom stereocenters. The molecule has 1 aliphatic carbocycles. The molecule has 0 spiro atoms. The van der Waals surface area contributed by atoms with E-state index in [1.807, 2.05) is 0 Å². The number of hydrogen-bond donors (Lipinski definition) is 4. The molecule has 5 N–H and O–H groups in total. The Morgan fingerprint density at radius 3 is 2.87 bits per heavy atom. The van der Waals surface area contributed by atoms with Crippen molar-refractivity contribution in [3.05, 3.63) is 6.33 Å². The maximum atomic E-state index is 10.7. The highest BCUT2D eigenvalue weighted by atomic mass is 31.2. The number of hydrogen-bond acceptors (Lipinski definition) is 7. The molecule has 10 nitrogen and oxygen atoms in total. The minimum atomic E-state index is -4.15. The zero-order valence-corrected chi connectivity index (χ0v) is 13.3. The summed E-state index contributed by atoms with van der Waals surface area (Å²) in [4.78, 5) is 30.2. The second kappa shape index (κ2) is 6.40. The van der Waals surface area contributed by atoms with Crippen molar-refractivity contribution in [3.8, 4) is 0 Å². The normalized spacial score (nSPS) is 15.7. The number of nitrogens with two attached hydrogens (primary N) is 1. The van der Waals surface area contributed by atoms with Gasteiger partial charge < -0.3 is 30.1 Å². The molecule has 1 fully saturated rings. The Hall–Kier alpha value is -1.74. The van der Waals surface area contributed by atoms with Gasteiger partial charge in [-0.1, -0.05) is 0 Å². The van der Waals surface area contributed by atoms with Gasteiger partial charge in [-0.15, -0.1) is 0 Å². The van der Waals surface area contributed by atoms with Gasteiger partial charge in [0.25, 0.3) is 0 Å². The first-order chi connectivity index (χ1) is 10.9. The predicted octanol–water partition coefficient (Wildman–Crippen LogP) is 0.525. The summed E-state index contributed by atoms with van der Waals surface area (Å²) in [5, 5.41) is 3.32. The number of aromatic nitrogens is 4. The van der Waals surface area contributed by atoms with Crippen molar-refractivity contribution in [1.82, 2.24) is 19.5 Å². The first kappa shape index (κ1) is 16.1. The zero-order valence-electron chi connectivity index (χ0n) is 12.4. The van der Waals surface area contributed by atoms with Crippen LogP contribution < -0.4 is 11.1 Å². The minimum absolute atomic E-state index is 0.131. The topological polar surface area (TPSA) is 148 Å². The molecule has 126 valence electrons. The third kappa shape index (κ3) is 3.97. The fourth-order valence-electron chi connectivity index (χ4n) is 2.32. The standard InChI is InChI=1S/C12H19N6O4P/c13-12-16-10(15-8-2-1-3-8)9-11(17-12)18(6-14-9)4-5-22-7-23(19,20)21/h6,8H,1-5,7H2,(H2,19,20,21)(H3,13,15,16,17).